The molecule has 0 aliphatic rings. The zero-order valence-corrected chi connectivity index (χ0v) is 14.2. The largest absolute Gasteiger partial charge is 0.493 e. The fourth-order valence-corrected chi connectivity index (χ4v) is 2.03. The number of methoxy groups -OCH3 is 3. The van der Waals surface area contributed by atoms with Crippen LogP contribution in [0.4, 0.5) is 0 Å². The van der Waals surface area contributed by atoms with E-state index in [0.717, 1.165) is 0 Å². The monoisotopic (exact) mass is 345 g/mol. The molecular formula is C15H20ClNO6. The van der Waals surface area contributed by atoms with Crippen molar-refractivity contribution in [2.75, 3.05) is 34.5 Å². The standard InChI is InChI=1S/C15H20ClNO6/c1-9(14(18)17-5-6-20-2)23-15(19)10-7-11(16)13(22-4)12(8-10)21-3/h7-9H,5-6H2,1-4H3,(H,17,18)/t9-/m0/s1. The molecule has 1 atom stereocenters. The summed E-state index contributed by atoms with van der Waals surface area (Å²) in [6.45, 7) is 2.18. The van der Waals surface area contributed by atoms with Crippen molar-refractivity contribution in [3.63, 3.8) is 0 Å². The molecule has 0 aromatic heterocycles. The minimum atomic E-state index is -0.953. The van der Waals surface area contributed by atoms with Gasteiger partial charge in [0.15, 0.2) is 17.6 Å². The van der Waals surface area contributed by atoms with Crippen LogP contribution in [0.25, 0.3) is 0 Å². The van der Waals surface area contributed by atoms with Gasteiger partial charge < -0.3 is 24.3 Å². The Balaban J connectivity index is 2.78. The number of benzene rings is 1. The van der Waals surface area contributed by atoms with E-state index in [1.54, 1.807) is 0 Å². The molecule has 8 heteroatoms. The highest BCUT2D eigenvalue weighted by atomic mass is 35.5. The summed E-state index contributed by atoms with van der Waals surface area (Å²) in [6.07, 6.45) is -0.953. The van der Waals surface area contributed by atoms with Crippen LogP contribution in [0.1, 0.15) is 17.3 Å². The molecule has 0 heterocycles. The van der Waals surface area contributed by atoms with E-state index in [2.05, 4.69) is 5.32 Å². The van der Waals surface area contributed by atoms with E-state index >= 15 is 0 Å². The summed E-state index contributed by atoms with van der Waals surface area (Å²) in [5, 5.41) is 2.79. The van der Waals surface area contributed by atoms with Gasteiger partial charge in [0.1, 0.15) is 0 Å². The Morgan fingerprint density at radius 3 is 2.48 bits per heavy atom. The fourth-order valence-electron chi connectivity index (χ4n) is 1.74. The summed E-state index contributed by atoms with van der Waals surface area (Å²) in [6, 6.07) is 2.82. The van der Waals surface area contributed by atoms with E-state index < -0.39 is 18.0 Å². The lowest BCUT2D eigenvalue weighted by molar-refractivity contribution is -0.129. The van der Waals surface area contributed by atoms with E-state index in [9.17, 15) is 9.59 Å². The number of amides is 1. The van der Waals surface area contributed by atoms with Crippen LogP contribution < -0.4 is 14.8 Å². The summed E-state index contributed by atoms with van der Waals surface area (Å²) < 4.78 is 20.1. The molecule has 23 heavy (non-hydrogen) atoms. The predicted molar refractivity (Wildman–Crippen MR) is 84.3 cm³/mol. The molecule has 0 saturated heterocycles. The number of carbonyl (C=O) groups excluding carboxylic acids is 2. The van der Waals surface area contributed by atoms with Crippen molar-refractivity contribution in [1.82, 2.24) is 5.32 Å². The highest BCUT2D eigenvalue weighted by Gasteiger charge is 2.21. The number of halogens is 1. The Morgan fingerprint density at radius 2 is 1.91 bits per heavy atom. The first kappa shape index (κ1) is 19.1. The maximum absolute atomic E-state index is 12.1. The van der Waals surface area contributed by atoms with Gasteiger partial charge in [0.05, 0.1) is 31.4 Å². The first-order valence-corrected chi connectivity index (χ1v) is 7.21. The van der Waals surface area contributed by atoms with Gasteiger partial charge in [-0.3, -0.25) is 4.79 Å². The minimum Gasteiger partial charge on any atom is -0.493 e. The van der Waals surface area contributed by atoms with Gasteiger partial charge in [-0.25, -0.2) is 4.79 Å². The Kier molecular flexibility index (Phi) is 7.64. The summed E-state index contributed by atoms with van der Waals surface area (Å²) in [5.41, 5.74) is 0.157. The van der Waals surface area contributed by atoms with Gasteiger partial charge in [-0.2, -0.15) is 0 Å². The number of rotatable bonds is 8. The normalized spacial score (nSPS) is 11.5. The van der Waals surface area contributed by atoms with Crippen LogP contribution >= 0.6 is 11.6 Å². The number of carbonyl (C=O) groups is 2. The Labute approximate surface area is 139 Å². The lowest BCUT2D eigenvalue weighted by Crippen LogP contribution is -2.37. The topological polar surface area (TPSA) is 83.1 Å². The molecule has 7 nitrogen and oxygen atoms in total. The molecule has 1 aromatic rings. The molecule has 1 rings (SSSR count). The Bertz CT molecular complexity index is 563. The van der Waals surface area contributed by atoms with Crippen molar-refractivity contribution in [1.29, 1.82) is 0 Å². The Morgan fingerprint density at radius 1 is 1.22 bits per heavy atom. The van der Waals surface area contributed by atoms with Crippen LogP contribution in [0.15, 0.2) is 12.1 Å². The molecule has 0 fully saturated rings. The highest BCUT2D eigenvalue weighted by molar-refractivity contribution is 6.32. The van der Waals surface area contributed by atoms with E-state index in [0.29, 0.717) is 24.7 Å². The smallest absolute Gasteiger partial charge is 0.339 e. The van der Waals surface area contributed by atoms with E-state index in [4.69, 9.17) is 30.5 Å². The molecule has 0 aliphatic heterocycles. The van der Waals surface area contributed by atoms with Gasteiger partial charge in [0, 0.05) is 13.7 Å². The van der Waals surface area contributed by atoms with Gasteiger partial charge >= 0.3 is 5.97 Å². The molecular weight excluding hydrogens is 326 g/mol. The average molecular weight is 346 g/mol. The molecule has 0 radical (unpaired) electrons. The molecule has 0 saturated carbocycles. The Hall–Kier alpha value is -1.99. The second kappa shape index (κ2) is 9.22. The maximum Gasteiger partial charge on any atom is 0.339 e. The molecule has 0 bridgehead atoms. The summed E-state index contributed by atoms with van der Waals surface area (Å²) in [7, 11) is 4.39. The molecule has 1 N–H and O–H groups in total. The highest BCUT2D eigenvalue weighted by Crippen LogP contribution is 2.36. The van der Waals surface area contributed by atoms with Gasteiger partial charge in [-0.15, -0.1) is 0 Å². The third-order valence-corrected chi connectivity index (χ3v) is 3.21. The van der Waals surface area contributed by atoms with Gasteiger partial charge in [-0.1, -0.05) is 11.6 Å². The average Bonchev–Trinajstić information content (AvgIpc) is 2.53. The molecule has 128 valence electrons. The van der Waals surface area contributed by atoms with Crippen LogP contribution in [-0.2, 0) is 14.3 Å². The second-order valence-electron chi connectivity index (χ2n) is 4.52. The summed E-state index contributed by atoms with van der Waals surface area (Å²) in [5.74, 6) is -0.496. The SMILES string of the molecule is COCCNC(=O)[C@H](C)OC(=O)c1cc(Cl)c(OC)c(OC)c1. The predicted octanol–water partition coefficient (Wildman–Crippen LogP) is 1.67. The molecule has 0 spiro atoms. The lowest BCUT2D eigenvalue weighted by atomic mass is 10.2. The zero-order valence-electron chi connectivity index (χ0n) is 13.5. The van der Waals surface area contributed by atoms with E-state index in [1.807, 2.05) is 0 Å². The number of hydrogen-bond donors (Lipinski definition) is 1. The minimum absolute atomic E-state index is 0.157. The zero-order chi connectivity index (χ0) is 17.4. The van der Waals surface area contributed by atoms with Crippen molar-refractivity contribution < 1.29 is 28.5 Å². The van der Waals surface area contributed by atoms with Crippen LogP contribution in [0.5, 0.6) is 11.5 Å². The molecule has 0 unspecified atom stereocenters. The van der Waals surface area contributed by atoms with Crippen molar-refractivity contribution in [2.45, 2.75) is 13.0 Å². The van der Waals surface area contributed by atoms with Crippen LogP contribution in [-0.4, -0.2) is 52.5 Å². The number of esters is 1. The molecule has 1 aromatic carbocycles. The van der Waals surface area contributed by atoms with Crippen molar-refractivity contribution in [3.8, 4) is 11.5 Å². The second-order valence-corrected chi connectivity index (χ2v) is 4.93. The first-order chi connectivity index (χ1) is 10.9. The first-order valence-electron chi connectivity index (χ1n) is 6.83. The third kappa shape index (κ3) is 5.30. The van der Waals surface area contributed by atoms with Crippen molar-refractivity contribution >= 4 is 23.5 Å². The molecule has 1 amide bonds. The van der Waals surface area contributed by atoms with Crippen molar-refractivity contribution in [3.05, 3.63) is 22.7 Å². The van der Waals surface area contributed by atoms with Gasteiger partial charge in [0.25, 0.3) is 5.91 Å². The molecule has 0 aliphatic carbocycles. The third-order valence-electron chi connectivity index (χ3n) is 2.93. The van der Waals surface area contributed by atoms with Gasteiger partial charge in [-0.05, 0) is 19.1 Å². The van der Waals surface area contributed by atoms with Crippen molar-refractivity contribution in [2.24, 2.45) is 0 Å². The lowest BCUT2D eigenvalue weighted by Gasteiger charge is -2.15. The quantitative estimate of drug-likeness (QED) is 0.570. The number of nitrogens with one attached hydrogen (secondary N) is 1. The van der Waals surface area contributed by atoms with Gasteiger partial charge in [0.2, 0.25) is 0 Å². The summed E-state index contributed by atoms with van der Waals surface area (Å²) in [4.78, 5) is 23.9. The van der Waals surface area contributed by atoms with Crippen LogP contribution in [0.3, 0.4) is 0 Å². The maximum atomic E-state index is 12.1. The fraction of sp³-hybridized carbons (Fsp3) is 0.467. The number of hydrogen-bond acceptors (Lipinski definition) is 6. The van der Waals surface area contributed by atoms with Crippen LogP contribution in [0.2, 0.25) is 5.02 Å². The van der Waals surface area contributed by atoms with E-state index in [1.165, 1.54) is 40.4 Å². The van der Waals surface area contributed by atoms with Crippen LogP contribution in [0, 0.1) is 0 Å². The van der Waals surface area contributed by atoms with E-state index in [-0.39, 0.29) is 10.6 Å². The summed E-state index contributed by atoms with van der Waals surface area (Å²) >= 11 is 6.04. The number of ether oxygens (including phenoxy) is 4.